The van der Waals surface area contributed by atoms with Crippen LogP contribution in [0.5, 0.6) is 0 Å². The van der Waals surface area contributed by atoms with Gasteiger partial charge in [0.1, 0.15) is 11.6 Å². The molecule has 0 fully saturated rings. The summed E-state index contributed by atoms with van der Waals surface area (Å²) in [6, 6.07) is 7.67. The van der Waals surface area contributed by atoms with Gasteiger partial charge in [0.05, 0.1) is 11.5 Å². The first kappa shape index (κ1) is 15.0. The standard InChI is InChI=1S/C14H14N6O2S/c15-12-11(13(16)19-14(17)18-12)8(5-20(21)22)9-6-23-10-4-2-1-3-7(9)10/h1-4,6,8H,5H2,(H6,15,16,17,18,19). The molecule has 23 heavy (non-hydrogen) atoms. The fourth-order valence-corrected chi connectivity index (χ4v) is 3.66. The molecule has 1 aromatic carbocycles. The van der Waals surface area contributed by atoms with Crippen molar-refractivity contribution in [3.05, 3.63) is 50.9 Å². The van der Waals surface area contributed by atoms with Gasteiger partial charge in [0.25, 0.3) is 0 Å². The molecule has 2 heterocycles. The van der Waals surface area contributed by atoms with Gasteiger partial charge < -0.3 is 17.2 Å². The van der Waals surface area contributed by atoms with E-state index in [1.54, 1.807) is 0 Å². The summed E-state index contributed by atoms with van der Waals surface area (Å²) in [6.45, 7) is -0.359. The van der Waals surface area contributed by atoms with E-state index in [0.29, 0.717) is 5.56 Å². The number of fused-ring (bicyclic) bond motifs is 1. The van der Waals surface area contributed by atoms with Crippen LogP contribution >= 0.6 is 11.3 Å². The molecular weight excluding hydrogens is 316 g/mol. The van der Waals surface area contributed by atoms with Gasteiger partial charge in [-0.05, 0) is 22.4 Å². The molecule has 0 amide bonds. The third-order valence-electron chi connectivity index (χ3n) is 3.59. The lowest BCUT2D eigenvalue weighted by molar-refractivity contribution is -0.481. The Hall–Kier alpha value is -2.94. The van der Waals surface area contributed by atoms with Crippen LogP contribution in [0.4, 0.5) is 17.6 Å². The molecule has 1 atom stereocenters. The van der Waals surface area contributed by atoms with Gasteiger partial charge in [-0.1, -0.05) is 18.2 Å². The Balaban J connectivity index is 2.22. The first-order chi connectivity index (χ1) is 11.0. The van der Waals surface area contributed by atoms with Gasteiger partial charge in [-0.25, -0.2) is 0 Å². The highest BCUT2D eigenvalue weighted by Crippen LogP contribution is 2.38. The summed E-state index contributed by atoms with van der Waals surface area (Å²) in [6.07, 6.45) is 0. The fraction of sp³-hybridized carbons (Fsp3) is 0.143. The van der Waals surface area contributed by atoms with Crippen molar-refractivity contribution in [2.75, 3.05) is 23.7 Å². The molecule has 0 bridgehead atoms. The Morgan fingerprint density at radius 1 is 1.17 bits per heavy atom. The smallest absolute Gasteiger partial charge is 0.223 e. The number of hydrogen-bond acceptors (Lipinski definition) is 8. The van der Waals surface area contributed by atoms with Crippen LogP contribution in [-0.4, -0.2) is 21.4 Å². The molecule has 0 aliphatic rings. The molecule has 3 aromatic rings. The second-order valence-electron chi connectivity index (χ2n) is 5.02. The molecule has 8 nitrogen and oxygen atoms in total. The summed E-state index contributed by atoms with van der Waals surface area (Å²) >= 11 is 1.51. The maximum Gasteiger partial charge on any atom is 0.223 e. The average Bonchev–Trinajstić information content (AvgIpc) is 2.88. The number of hydrogen-bond donors (Lipinski definition) is 3. The Bertz CT molecular complexity index is 871. The minimum absolute atomic E-state index is 0.0567. The summed E-state index contributed by atoms with van der Waals surface area (Å²) in [4.78, 5) is 18.6. The predicted octanol–water partition coefficient (Wildman–Crippen LogP) is 1.85. The third kappa shape index (κ3) is 2.73. The molecule has 0 radical (unpaired) electrons. The molecule has 118 valence electrons. The number of benzene rings is 1. The van der Waals surface area contributed by atoms with E-state index in [1.165, 1.54) is 11.3 Å². The van der Waals surface area contributed by atoms with Crippen molar-refractivity contribution in [2.45, 2.75) is 5.92 Å². The summed E-state index contributed by atoms with van der Waals surface area (Å²) in [7, 11) is 0. The lowest BCUT2D eigenvalue weighted by Crippen LogP contribution is -2.19. The lowest BCUT2D eigenvalue weighted by atomic mass is 9.91. The highest BCUT2D eigenvalue weighted by Gasteiger charge is 2.28. The minimum Gasteiger partial charge on any atom is -0.383 e. The normalized spacial score (nSPS) is 12.3. The Kier molecular flexibility index (Phi) is 3.70. The van der Waals surface area contributed by atoms with Gasteiger partial charge in [0.2, 0.25) is 12.5 Å². The van der Waals surface area contributed by atoms with Crippen molar-refractivity contribution in [3.63, 3.8) is 0 Å². The van der Waals surface area contributed by atoms with Crippen molar-refractivity contribution >= 4 is 39.0 Å². The summed E-state index contributed by atoms with van der Waals surface area (Å²) in [5, 5.41) is 14.0. The second kappa shape index (κ2) is 5.69. The zero-order chi connectivity index (χ0) is 16.6. The number of nitrogens with two attached hydrogens (primary N) is 3. The molecule has 3 rings (SSSR count). The number of rotatable bonds is 4. The summed E-state index contributed by atoms with van der Waals surface area (Å²) in [5.41, 5.74) is 18.5. The van der Waals surface area contributed by atoms with Crippen LogP contribution in [0.15, 0.2) is 29.6 Å². The van der Waals surface area contributed by atoms with Crippen molar-refractivity contribution in [1.29, 1.82) is 0 Å². The molecule has 0 saturated carbocycles. The van der Waals surface area contributed by atoms with Crippen LogP contribution in [0.1, 0.15) is 17.0 Å². The largest absolute Gasteiger partial charge is 0.383 e. The number of thiophene rings is 1. The van der Waals surface area contributed by atoms with Gasteiger partial charge in [-0.3, -0.25) is 10.1 Å². The monoisotopic (exact) mass is 330 g/mol. The number of nitrogens with zero attached hydrogens (tertiary/aromatic N) is 3. The second-order valence-corrected chi connectivity index (χ2v) is 5.93. The van der Waals surface area contributed by atoms with Crippen LogP contribution in [-0.2, 0) is 0 Å². The first-order valence-electron chi connectivity index (χ1n) is 6.73. The molecule has 9 heteroatoms. The molecule has 0 aliphatic carbocycles. The number of aromatic nitrogens is 2. The van der Waals surface area contributed by atoms with Crippen molar-refractivity contribution in [1.82, 2.24) is 9.97 Å². The molecule has 0 aliphatic heterocycles. The Morgan fingerprint density at radius 2 is 1.83 bits per heavy atom. The highest BCUT2D eigenvalue weighted by atomic mass is 32.1. The zero-order valence-corrected chi connectivity index (χ0v) is 12.8. The molecule has 0 spiro atoms. The molecule has 2 aromatic heterocycles. The number of nitrogen functional groups attached to an aromatic ring is 3. The summed E-state index contributed by atoms with van der Waals surface area (Å²) in [5.74, 6) is -0.560. The van der Waals surface area contributed by atoms with Crippen molar-refractivity contribution in [3.8, 4) is 0 Å². The van der Waals surface area contributed by atoms with E-state index in [9.17, 15) is 10.1 Å². The van der Waals surface area contributed by atoms with E-state index in [1.807, 2.05) is 29.6 Å². The number of anilines is 3. The third-order valence-corrected chi connectivity index (χ3v) is 4.57. The fourth-order valence-electron chi connectivity index (χ4n) is 2.64. The van der Waals surface area contributed by atoms with E-state index < -0.39 is 10.8 Å². The SMILES string of the molecule is Nc1nc(N)c(C(C[N+](=O)[O-])c2csc3ccccc23)c(N)n1. The van der Waals surface area contributed by atoms with Gasteiger partial charge in [-0.15, -0.1) is 11.3 Å². The highest BCUT2D eigenvalue weighted by molar-refractivity contribution is 7.17. The lowest BCUT2D eigenvalue weighted by Gasteiger charge is -2.16. The maximum absolute atomic E-state index is 11.2. The zero-order valence-electron chi connectivity index (χ0n) is 12.0. The number of nitro groups is 1. The van der Waals surface area contributed by atoms with Gasteiger partial charge >= 0.3 is 0 Å². The van der Waals surface area contributed by atoms with Crippen LogP contribution < -0.4 is 17.2 Å². The Labute approximate surface area is 135 Å². The quantitative estimate of drug-likeness (QED) is 0.488. The van der Waals surface area contributed by atoms with Crippen molar-refractivity contribution in [2.24, 2.45) is 0 Å². The van der Waals surface area contributed by atoms with Crippen LogP contribution in [0, 0.1) is 10.1 Å². The topological polar surface area (TPSA) is 147 Å². The van der Waals surface area contributed by atoms with Crippen LogP contribution in [0.25, 0.3) is 10.1 Å². The molecular formula is C14H14N6O2S. The van der Waals surface area contributed by atoms with E-state index in [-0.39, 0.29) is 24.1 Å². The van der Waals surface area contributed by atoms with E-state index >= 15 is 0 Å². The van der Waals surface area contributed by atoms with E-state index in [0.717, 1.165) is 15.6 Å². The van der Waals surface area contributed by atoms with Crippen molar-refractivity contribution < 1.29 is 4.92 Å². The van der Waals surface area contributed by atoms with E-state index in [2.05, 4.69) is 9.97 Å². The van der Waals surface area contributed by atoms with E-state index in [4.69, 9.17) is 17.2 Å². The van der Waals surface area contributed by atoms with Gasteiger partial charge in [0.15, 0.2) is 0 Å². The Morgan fingerprint density at radius 3 is 2.48 bits per heavy atom. The molecule has 1 unspecified atom stereocenters. The predicted molar refractivity (Wildman–Crippen MR) is 90.8 cm³/mol. The van der Waals surface area contributed by atoms with Gasteiger partial charge in [0, 0.05) is 9.62 Å². The molecule has 0 saturated heterocycles. The summed E-state index contributed by atoms with van der Waals surface area (Å²) < 4.78 is 1.03. The van der Waals surface area contributed by atoms with Gasteiger partial charge in [-0.2, -0.15) is 9.97 Å². The van der Waals surface area contributed by atoms with Crippen LogP contribution in [0.3, 0.4) is 0 Å². The maximum atomic E-state index is 11.2. The first-order valence-corrected chi connectivity index (χ1v) is 7.61. The molecule has 6 N–H and O–H groups in total. The van der Waals surface area contributed by atoms with Crippen LogP contribution in [0.2, 0.25) is 0 Å². The minimum atomic E-state index is -0.637. The average molecular weight is 330 g/mol.